The predicted octanol–water partition coefficient (Wildman–Crippen LogP) is 9.39. The molecule has 43 heavy (non-hydrogen) atoms. The van der Waals surface area contributed by atoms with Gasteiger partial charge in [-0.1, -0.05) is 114 Å². The van der Waals surface area contributed by atoms with Gasteiger partial charge in [0, 0.05) is 31.5 Å². The number of hydrogen-bond donors (Lipinski definition) is 0. The van der Waals surface area contributed by atoms with Crippen molar-refractivity contribution in [1.29, 1.82) is 0 Å². The van der Waals surface area contributed by atoms with E-state index in [0.29, 0.717) is 33.0 Å². The van der Waals surface area contributed by atoms with Gasteiger partial charge in [-0.15, -0.1) is 0 Å². The Morgan fingerprint density at radius 1 is 0.744 bits per heavy atom. The van der Waals surface area contributed by atoms with Gasteiger partial charge in [-0.2, -0.15) is 0 Å². The van der Waals surface area contributed by atoms with Crippen LogP contribution in [0.2, 0.25) is 5.02 Å². The molecule has 5 nitrogen and oxygen atoms in total. The molecule has 1 heterocycles. The van der Waals surface area contributed by atoms with Crippen molar-refractivity contribution in [3.05, 3.63) is 76.3 Å². The van der Waals surface area contributed by atoms with Crippen LogP contribution in [0.3, 0.4) is 0 Å². The fourth-order valence-electron chi connectivity index (χ4n) is 5.33. The molecule has 1 fully saturated rings. The summed E-state index contributed by atoms with van der Waals surface area (Å²) in [6.45, 7) is 15.7. The Morgan fingerprint density at radius 3 is 1.93 bits per heavy atom. The zero-order valence-electron chi connectivity index (χ0n) is 27.0. The third-order valence-electron chi connectivity index (χ3n) is 7.99. The fourth-order valence-corrected chi connectivity index (χ4v) is 5.51. The molecule has 0 unspecified atom stereocenters. The summed E-state index contributed by atoms with van der Waals surface area (Å²) in [5, 5.41) is 0.742. The van der Waals surface area contributed by atoms with Gasteiger partial charge < -0.3 is 23.7 Å². The van der Waals surface area contributed by atoms with Crippen molar-refractivity contribution >= 4 is 17.7 Å². The van der Waals surface area contributed by atoms with E-state index < -0.39 is 0 Å². The van der Waals surface area contributed by atoms with Crippen LogP contribution in [0.25, 0.3) is 6.08 Å². The van der Waals surface area contributed by atoms with Crippen LogP contribution in [-0.2, 0) is 30.1 Å². The summed E-state index contributed by atoms with van der Waals surface area (Å²) in [4.78, 5) is 0. The topological polar surface area (TPSA) is 46.2 Å². The van der Waals surface area contributed by atoms with E-state index in [4.69, 9.17) is 35.3 Å². The summed E-state index contributed by atoms with van der Waals surface area (Å²) in [6, 6.07) is 14.7. The van der Waals surface area contributed by atoms with Gasteiger partial charge >= 0.3 is 0 Å². The first kappa shape index (κ1) is 35.7. The highest BCUT2D eigenvalue weighted by Crippen LogP contribution is 2.39. The lowest BCUT2D eigenvalue weighted by molar-refractivity contribution is -0.268. The van der Waals surface area contributed by atoms with Gasteiger partial charge in [0.25, 0.3) is 0 Å². The van der Waals surface area contributed by atoms with E-state index in [1.165, 1.54) is 5.56 Å². The maximum atomic E-state index is 6.94. The van der Waals surface area contributed by atoms with Crippen LogP contribution in [0.1, 0.15) is 107 Å². The first-order valence-electron chi connectivity index (χ1n) is 16.6. The van der Waals surface area contributed by atoms with Crippen LogP contribution in [0.15, 0.2) is 49.0 Å². The number of rotatable bonds is 21. The standard InChI is InChI=1S/C37H55ClO5/c1-6-11-21-39-27-33-35(40-22-12-7-2)37(42-24-14-9-4)36(41-23-13-8-3)34(43-33)30-19-20-32(38)31(26-30)25-29-17-15-28(10-5)16-18-29/h10,15-20,26,33-37H,5-9,11-14,21-25,27H2,1-4H3/t33-,34+,35-,36+,37+/m1/s1. The van der Waals surface area contributed by atoms with E-state index >= 15 is 0 Å². The van der Waals surface area contributed by atoms with Crippen molar-refractivity contribution in [2.45, 2.75) is 116 Å². The summed E-state index contributed by atoms with van der Waals surface area (Å²) in [7, 11) is 0. The molecule has 0 aromatic heterocycles. The highest BCUT2D eigenvalue weighted by Gasteiger charge is 2.48. The molecule has 0 spiro atoms. The lowest BCUT2D eigenvalue weighted by Crippen LogP contribution is -2.58. The summed E-state index contributed by atoms with van der Waals surface area (Å²) in [5.74, 6) is 0. The normalized spacial score (nSPS) is 22.1. The Balaban J connectivity index is 1.98. The maximum Gasteiger partial charge on any atom is 0.117 e. The molecule has 5 atom stereocenters. The minimum absolute atomic E-state index is 0.274. The summed E-state index contributed by atoms with van der Waals surface area (Å²) in [6.07, 6.45) is 9.34. The van der Waals surface area contributed by atoms with Gasteiger partial charge in [0.05, 0.1) is 6.61 Å². The van der Waals surface area contributed by atoms with Crippen LogP contribution < -0.4 is 0 Å². The van der Waals surface area contributed by atoms with Crippen molar-refractivity contribution in [2.24, 2.45) is 0 Å². The quantitative estimate of drug-likeness (QED) is 0.131. The molecule has 0 bridgehead atoms. The highest BCUT2D eigenvalue weighted by atomic mass is 35.5. The Hall–Kier alpha value is -1.73. The third-order valence-corrected chi connectivity index (χ3v) is 8.36. The molecule has 1 aliphatic rings. The predicted molar refractivity (Wildman–Crippen MR) is 178 cm³/mol. The van der Waals surface area contributed by atoms with Crippen molar-refractivity contribution in [3.63, 3.8) is 0 Å². The van der Waals surface area contributed by atoms with Crippen LogP contribution in [0.4, 0.5) is 0 Å². The highest BCUT2D eigenvalue weighted by molar-refractivity contribution is 6.31. The van der Waals surface area contributed by atoms with Crippen molar-refractivity contribution in [1.82, 2.24) is 0 Å². The lowest BCUT2D eigenvalue weighted by Gasteiger charge is -2.46. The van der Waals surface area contributed by atoms with Crippen LogP contribution in [-0.4, -0.2) is 57.5 Å². The van der Waals surface area contributed by atoms with Gasteiger partial charge in [-0.25, -0.2) is 0 Å². The average molecular weight is 615 g/mol. The molecule has 0 amide bonds. The lowest BCUT2D eigenvalue weighted by atomic mass is 9.89. The molecule has 0 saturated carbocycles. The maximum absolute atomic E-state index is 6.94. The number of benzene rings is 2. The molecule has 2 aromatic carbocycles. The second-order valence-electron chi connectivity index (χ2n) is 11.6. The smallest absolute Gasteiger partial charge is 0.117 e. The molecule has 1 saturated heterocycles. The zero-order chi connectivity index (χ0) is 30.9. The van der Waals surface area contributed by atoms with Gasteiger partial charge in [0.1, 0.15) is 30.5 Å². The van der Waals surface area contributed by atoms with E-state index in [1.807, 2.05) is 12.1 Å². The second kappa shape index (κ2) is 20.3. The first-order valence-corrected chi connectivity index (χ1v) is 17.0. The van der Waals surface area contributed by atoms with Gasteiger partial charge in [-0.05, 0) is 60.4 Å². The van der Waals surface area contributed by atoms with E-state index in [9.17, 15) is 0 Å². The minimum Gasteiger partial charge on any atom is -0.379 e. The zero-order valence-corrected chi connectivity index (χ0v) is 27.8. The fraction of sp³-hybridized carbons (Fsp3) is 0.622. The van der Waals surface area contributed by atoms with E-state index in [2.05, 4.69) is 70.7 Å². The monoisotopic (exact) mass is 614 g/mol. The van der Waals surface area contributed by atoms with E-state index in [-0.39, 0.29) is 30.5 Å². The molecule has 2 aromatic rings. The van der Waals surface area contributed by atoms with Gasteiger partial charge in [-0.3, -0.25) is 0 Å². The van der Waals surface area contributed by atoms with Gasteiger partial charge in [0.15, 0.2) is 0 Å². The van der Waals surface area contributed by atoms with Crippen LogP contribution >= 0.6 is 11.6 Å². The molecule has 3 rings (SSSR count). The Morgan fingerprint density at radius 2 is 1.33 bits per heavy atom. The van der Waals surface area contributed by atoms with E-state index in [1.54, 1.807) is 0 Å². The molecule has 0 aliphatic carbocycles. The third kappa shape index (κ3) is 11.3. The molecule has 240 valence electrons. The largest absolute Gasteiger partial charge is 0.379 e. The number of ether oxygens (including phenoxy) is 5. The van der Waals surface area contributed by atoms with Crippen LogP contribution in [0, 0.1) is 0 Å². The first-order chi connectivity index (χ1) is 21.1. The van der Waals surface area contributed by atoms with E-state index in [0.717, 1.165) is 79.5 Å². The minimum atomic E-state index is -0.339. The average Bonchev–Trinajstić information content (AvgIpc) is 3.02. The summed E-state index contributed by atoms with van der Waals surface area (Å²) < 4.78 is 33.0. The van der Waals surface area contributed by atoms with Crippen LogP contribution in [0.5, 0.6) is 0 Å². The molecular formula is C37H55ClO5. The Labute approximate surface area is 266 Å². The number of halogens is 1. The van der Waals surface area contributed by atoms with Crippen molar-refractivity contribution in [2.75, 3.05) is 33.0 Å². The number of unbranched alkanes of at least 4 members (excludes halogenated alkanes) is 4. The molecule has 6 heteroatoms. The summed E-state index contributed by atoms with van der Waals surface area (Å²) >= 11 is 6.76. The Bertz CT molecular complexity index is 1040. The number of hydrogen-bond acceptors (Lipinski definition) is 5. The SMILES string of the molecule is C=Cc1ccc(Cc2cc([C@@H]3O[C@H](COCCCC)[C@@H](OCCCC)[C@H](OCCCC)[C@H]3OCCCC)ccc2Cl)cc1. The van der Waals surface area contributed by atoms with Gasteiger partial charge in [0.2, 0.25) is 0 Å². The van der Waals surface area contributed by atoms with Crippen molar-refractivity contribution in [3.8, 4) is 0 Å². The molecule has 1 aliphatic heterocycles. The molecule has 0 N–H and O–H groups in total. The van der Waals surface area contributed by atoms with Crippen molar-refractivity contribution < 1.29 is 23.7 Å². The molecule has 0 radical (unpaired) electrons. The molecular weight excluding hydrogens is 560 g/mol. The summed E-state index contributed by atoms with van der Waals surface area (Å²) in [5.41, 5.74) is 4.39. The second-order valence-corrected chi connectivity index (χ2v) is 12.0. The Kier molecular flexibility index (Phi) is 16.9.